The summed E-state index contributed by atoms with van der Waals surface area (Å²) in [6.07, 6.45) is 3.58. The van der Waals surface area contributed by atoms with E-state index in [-0.39, 0.29) is 11.9 Å². The van der Waals surface area contributed by atoms with E-state index < -0.39 is 0 Å². The third-order valence-corrected chi connectivity index (χ3v) is 7.54. The van der Waals surface area contributed by atoms with Crippen LogP contribution in [0.15, 0.2) is 91.8 Å². The first-order valence-corrected chi connectivity index (χ1v) is 14.3. The molecule has 1 aromatic heterocycles. The van der Waals surface area contributed by atoms with E-state index in [4.69, 9.17) is 14.3 Å². The van der Waals surface area contributed by atoms with E-state index in [9.17, 15) is 4.79 Å². The molecule has 0 saturated carbocycles. The number of morpholine rings is 1. The quantitative estimate of drug-likeness (QED) is 0.241. The molecule has 3 heterocycles. The van der Waals surface area contributed by atoms with Gasteiger partial charge in [-0.2, -0.15) is 0 Å². The van der Waals surface area contributed by atoms with Gasteiger partial charge in [-0.1, -0.05) is 55.1 Å². The van der Waals surface area contributed by atoms with Crippen LogP contribution >= 0.6 is 0 Å². The van der Waals surface area contributed by atoms with Gasteiger partial charge in [-0.3, -0.25) is 9.63 Å². The Bertz CT molecular complexity index is 1590. The van der Waals surface area contributed by atoms with E-state index in [1.165, 1.54) is 18.0 Å². The van der Waals surface area contributed by atoms with E-state index >= 15 is 0 Å². The van der Waals surface area contributed by atoms with Crippen molar-refractivity contribution in [2.75, 3.05) is 60.6 Å². The van der Waals surface area contributed by atoms with Gasteiger partial charge < -0.3 is 25.0 Å². The summed E-state index contributed by atoms with van der Waals surface area (Å²) in [6.45, 7) is 6.80. The predicted octanol–water partition coefficient (Wildman–Crippen LogP) is 5.74. The van der Waals surface area contributed by atoms with Crippen LogP contribution in [0.25, 0.3) is 11.1 Å². The minimum Gasteiger partial charge on any atom is -0.494 e. The summed E-state index contributed by atoms with van der Waals surface area (Å²) < 4.78 is 11.3. The first-order chi connectivity index (χ1) is 21.1. The van der Waals surface area contributed by atoms with Crippen molar-refractivity contribution in [3.63, 3.8) is 0 Å². The smallest absolute Gasteiger partial charge is 0.247 e. The van der Waals surface area contributed by atoms with E-state index in [1.54, 1.807) is 7.11 Å². The van der Waals surface area contributed by atoms with Crippen LogP contribution in [0.2, 0.25) is 0 Å². The molecule has 1 atom stereocenters. The van der Waals surface area contributed by atoms with Crippen molar-refractivity contribution in [1.29, 1.82) is 0 Å². The van der Waals surface area contributed by atoms with Crippen molar-refractivity contribution < 1.29 is 19.1 Å². The van der Waals surface area contributed by atoms with Gasteiger partial charge in [0.15, 0.2) is 5.82 Å². The number of rotatable bonds is 9. The minimum atomic E-state index is -0.302. The number of anilines is 5. The molecule has 10 nitrogen and oxygen atoms in total. The number of hydrogen-bond acceptors (Lipinski definition) is 9. The van der Waals surface area contributed by atoms with Gasteiger partial charge in [0, 0.05) is 31.6 Å². The first-order valence-electron chi connectivity index (χ1n) is 14.3. The van der Waals surface area contributed by atoms with Gasteiger partial charge in [-0.05, 0) is 34.9 Å². The van der Waals surface area contributed by atoms with E-state index in [0.29, 0.717) is 61.7 Å². The topological polar surface area (TPSA) is 101 Å². The SMILES string of the molecule is C=CC(=O)Nc1cc(Nc2cc(N3OCC[C@@H]3c3cccc(-c4ccccc4)c3)ncn2)c(OC)cc1N1CCOCC1. The number of methoxy groups -OCH3 is 1. The maximum Gasteiger partial charge on any atom is 0.247 e. The number of nitrogens with zero attached hydrogens (tertiary/aromatic N) is 4. The number of carbonyl (C=O) groups excluding carboxylic acids is 1. The zero-order valence-electron chi connectivity index (χ0n) is 24.0. The molecular formula is C33H34N6O4. The molecule has 2 saturated heterocycles. The number of hydroxylamine groups is 1. The highest BCUT2D eigenvalue weighted by Crippen LogP contribution is 2.40. The van der Waals surface area contributed by atoms with Crippen LogP contribution in [-0.4, -0.2) is 55.9 Å². The van der Waals surface area contributed by atoms with Crippen LogP contribution in [0.5, 0.6) is 5.75 Å². The number of benzene rings is 3. The molecule has 2 aliphatic heterocycles. The van der Waals surface area contributed by atoms with Crippen molar-refractivity contribution >= 4 is 34.6 Å². The summed E-state index contributed by atoms with van der Waals surface area (Å²) in [5.41, 5.74) is 5.58. The number of carbonyl (C=O) groups is 1. The molecule has 2 N–H and O–H groups in total. The van der Waals surface area contributed by atoms with Crippen molar-refractivity contribution in [1.82, 2.24) is 9.97 Å². The monoisotopic (exact) mass is 578 g/mol. The fourth-order valence-corrected chi connectivity index (χ4v) is 5.41. The van der Waals surface area contributed by atoms with Crippen LogP contribution in [0.3, 0.4) is 0 Å². The Morgan fingerprint density at radius 1 is 0.977 bits per heavy atom. The van der Waals surface area contributed by atoms with Gasteiger partial charge >= 0.3 is 0 Å². The molecule has 1 amide bonds. The standard InChI is InChI=1S/C33H34N6O4/c1-3-33(40)37-26-19-27(30(41-2)20-29(26)38-13-16-42-17-14-38)36-31-21-32(35-22-34-31)39-28(12-15-43-39)25-11-7-10-24(18-25)23-8-5-4-6-9-23/h3-11,18-22,28H,1,12-17H2,2H3,(H,37,40)(H,34,35,36)/t28-/m1/s1. The van der Waals surface area contributed by atoms with Gasteiger partial charge in [0.2, 0.25) is 5.91 Å². The number of ether oxygens (including phenoxy) is 2. The fraction of sp³-hybridized carbons (Fsp3) is 0.242. The molecular weight excluding hydrogens is 544 g/mol. The molecule has 2 aliphatic rings. The number of amides is 1. The van der Waals surface area contributed by atoms with Crippen LogP contribution < -0.4 is 25.3 Å². The summed E-state index contributed by atoms with van der Waals surface area (Å²) in [7, 11) is 1.61. The number of nitrogens with one attached hydrogen (secondary N) is 2. The van der Waals surface area contributed by atoms with Gasteiger partial charge in [0.25, 0.3) is 0 Å². The highest BCUT2D eigenvalue weighted by atomic mass is 16.7. The Kier molecular flexibility index (Phi) is 8.48. The summed E-state index contributed by atoms with van der Waals surface area (Å²) >= 11 is 0. The molecule has 0 radical (unpaired) electrons. The van der Waals surface area contributed by atoms with Gasteiger partial charge in [-0.25, -0.2) is 15.0 Å². The molecule has 43 heavy (non-hydrogen) atoms. The average molecular weight is 579 g/mol. The Morgan fingerprint density at radius 3 is 2.58 bits per heavy atom. The number of hydrogen-bond donors (Lipinski definition) is 2. The fourth-order valence-electron chi connectivity index (χ4n) is 5.41. The largest absolute Gasteiger partial charge is 0.494 e. The molecule has 3 aromatic carbocycles. The van der Waals surface area contributed by atoms with E-state index in [0.717, 1.165) is 23.2 Å². The predicted molar refractivity (Wildman–Crippen MR) is 168 cm³/mol. The third-order valence-electron chi connectivity index (χ3n) is 7.54. The second-order valence-corrected chi connectivity index (χ2v) is 10.2. The molecule has 0 bridgehead atoms. The lowest BCUT2D eigenvalue weighted by atomic mass is 9.98. The molecule has 220 valence electrons. The lowest BCUT2D eigenvalue weighted by molar-refractivity contribution is -0.111. The van der Waals surface area contributed by atoms with Crippen LogP contribution in [-0.2, 0) is 14.4 Å². The molecule has 0 spiro atoms. The summed E-state index contributed by atoms with van der Waals surface area (Å²) in [5.74, 6) is 1.49. The first kappa shape index (κ1) is 28.2. The van der Waals surface area contributed by atoms with Crippen molar-refractivity contribution in [3.05, 3.63) is 97.3 Å². The van der Waals surface area contributed by atoms with E-state index in [1.807, 2.05) is 41.5 Å². The van der Waals surface area contributed by atoms with Crippen LogP contribution in [0, 0.1) is 0 Å². The maximum absolute atomic E-state index is 12.3. The lowest BCUT2D eigenvalue weighted by Gasteiger charge is -2.31. The summed E-state index contributed by atoms with van der Waals surface area (Å²) in [6, 6.07) is 24.5. The molecule has 10 heteroatoms. The summed E-state index contributed by atoms with van der Waals surface area (Å²) in [4.78, 5) is 29.6. The zero-order chi connectivity index (χ0) is 29.6. The van der Waals surface area contributed by atoms with Crippen LogP contribution in [0.4, 0.5) is 28.7 Å². The number of aromatic nitrogens is 2. The Hall–Kier alpha value is -4.93. The van der Waals surface area contributed by atoms with E-state index in [2.05, 4.69) is 68.5 Å². The second kappa shape index (κ2) is 12.9. The highest BCUT2D eigenvalue weighted by Gasteiger charge is 2.29. The van der Waals surface area contributed by atoms with Crippen molar-refractivity contribution in [2.24, 2.45) is 0 Å². The Labute approximate surface area is 250 Å². The van der Waals surface area contributed by atoms with Gasteiger partial charge in [0.05, 0.1) is 50.0 Å². The molecule has 0 aliphatic carbocycles. The molecule has 6 rings (SSSR count). The molecule has 2 fully saturated rings. The minimum absolute atomic E-state index is 0.00512. The third kappa shape index (κ3) is 6.30. The normalized spacial score (nSPS) is 16.5. The highest BCUT2D eigenvalue weighted by molar-refractivity contribution is 6.02. The van der Waals surface area contributed by atoms with Crippen LogP contribution in [0.1, 0.15) is 18.0 Å². The van der Waals surface area contributed by atoms with Gasteiger partial charge in [0.1, 0.15) is 17.9 Å². The second-order valence-electron chi connectivity index (χ2n) is 10.2. The average Bonchev–Trinajstić information content (AvgIpc) is 3.56. The molecule has 4 aromatic rings. The Balaban J connectivity index is 1.28. The molecule has 0 unspecified atom stereocenters. The maximum atomic E-state index is 12.3. The van der Waals surface area contributed by atoms with Crippen molar-refractivity contribution in [3.8, 4) is 16.9 Å². The summed E-state index contributed by atoms with van der Waals surface area (Å²) in [5, 5.41) is 8.14. The lowest BCUT2D eigenvalue weighted by Crippen LogP contribution is -2.36. The zero-order valence-corrected chi connectivity index (χ0v) is 24.0. The Morgan fingerprint density at radius 2 is 1.79 bits per heavy atom. The van der Waals surface area contributed by atoms with Crippen molar-refractivity contribution in [2.45, 2.75) is 12.5 Å². The van der Waals surface area contributed by atoms with Gasteiger partial charge in [-0.15, -0.1) is 0 Å².